The van der Waals surface area contributed by atoms with Gasteiger partial charge in [0.15, 0.2) is 0 Å². The van der Waals surface area contributed by atoms with Crippen LogP contribution in [0.15, 0.2) is 12.1 Å². The molecule has 0 unspecified atom stereocenters. The lowest BCUT2D eigenvalue weighted by atomic mass is 10.1. The van der Waals surface area contributed by atoms with Crippen LogP contribution in [-0.4, -0.2) is 6.54 Å². The Morgan fingerprint density at radius 3 is 2.08 bits per heavy atom. The molecule has 24 heavy (non-hydrogen) atoms. The first-order valence-electron chi connectivity index (χ1n) is 8.62. The number of unbranched alkanes of at least 4 members (excludes halogenated alkanes) is 7. The quantitative estimate of drug-likeness (QED) is 0.397. The van der Waals surface area contributed by atoms with Gasteiger partial charge < -0.3 is 5.32 Å². The minimum absolute atomic E-state index is 0.000789. The predicted molar refractivity (Wildman–Crippen MR) is 95.8 cm³/mol. The molecule has 1 aromatic carbocycles. The Kier molecular flexibility index (Phi) is 10.1. The minimum atomic E-state index is -4.45. The van der Waals surface area contributed by atoms with Crippen LogP contribution in [-0.2, 0) is 12.7 Å². The van der Waals surface area contributed by atoms with Gasteiger partial charge in [0.2, 0.25) is 0 Å². The molecule has 0 saturated heterocycles. The number of alkyl halides is 3. The van der Waals surface area contributed by atoms with Crippen molar-refractivity contribution in [2.75, 3.05) is 6.54 Å². The van der Waals surface area contributed by atoms with Crippen molar-refractivity contribution in [1.82, 2.24) is 5.32 Å². The summed E-state index contributed by atoms with van der Waals surface area (Å²) in [6.45, 7) is 2.98. The normalized spacial score (nSPS) is 11.9. The van der Waals surface area contributed by atoms with Gasteiger partial charge in [-0.05, 0) is 30.7 Å². The summed E-state index contributed by atoms with van der Waals surface area (Å²) >= 11 is 11.6. The van der Waals surface area contributed by atoms with Gasteiger partial charge in [-0.3, -0.25) is 0 Å². The van der Waals surface area contributed by atoms with Gasteiger partial charge in [0.25, 0.3) is 0 Å². The van der Waals surface area contributed by atoms with Gasteiger partial charge in [0, 0.05) is 16.6 Å². The zero-order valence-corrected chi connectivity index (χ0v) is 15.6. The van der Waals surface area contributed by atoms with Crippen LogP contribution in [0.5, 0.6) is 0 Å². The summed E-state index contributed by atoms with van der Waals surface area (Å²) < 4.78 is 39.2. The second-order valence-electron chi connectivity index (χ2n) is 6.06. The average Bonchev–Trinajstić information content (AvgIpc) is 2.49. The molecule has 1 rings (SSSR count). The summed E-state index contributed by atoms with van der Waals surface area (Å²) in [5.74, 6) is 0. The number of hydrogen-bond donors (Lipinski definition) is 1. The number of nitrogens with one attached hydrogen (secondary N) is 1. The van der Waals surface area contributed by atoms with Crippen molar-refractivity contribution in [3.63, 3.8) is 0 Å². The molecule has 0 saturated carbocycles. The van der Waals surface area contributed by atoms with Gasteiger partial charge in [0.1, 0.15) is 0 Å². The Labute approximate surface area is 152 Å². The van der Waals surface area contributed by atoms with E-state index in [1.807, 2.05) is 0 Å². The molecule has 6 heteroatoms. The van der Waals surface area contributed by atoms with Crippen LogP contribution >= 0.6 is 23.2 Å². The van der Waals surface area contributed by atoms with Gasteiger partial charge in [-0.25, -0.2) is 0 Å². The fourth-order valence-electron chi connectivity index (χ4n) is 2.63. The van der Waals surface area contributed by atoms with E-state index in [-0.39, 0.29) is 22.2 Å². The molecular formula is C18H26Cl2F3N. The van der Waals surface area contributed by atoms with Crippen LogP contribution in [0.1, 0.15) is 69.4 Å². The van der Waals surface area contributed by atoms with Crippen LogP contribution < -0.4 is 5.32 Å². The Hall–Kier alpha value is -0.450. The third-order valence-electron chi connectivity index (χ3n) is 3.97. The van der Waals surface area contributed by atoms with Crippen molar-refractivity contribution in [2.24, 2.45) is 0 Å². The smallest absolute Gasteiger partial charge is 0.313 e. The molecule has 0 radical (unpaired) electrons. The zero-order chi connectivity index (χ0) is 18.0. The van der Waals surface area contributed by atoms with E-state index in [1.165, 1.54) is 44.6 Å². The van der Waals surface area contributed by atoms with E-state index in [0.717, 1.165) is 18.9 Å². The molecule has 1 N–H and O–H groups in total. The van der Waals surface area contributed by atoms with E-state index in [9.17, 15) is 13.2 Å². The first-order chi connectivity index (χ1) is 11.4. The lowest BCUT2D eigenvalue weighted by molar-refractivity contribution is -0.138. The van der Waals surface area contributed by atoms with Crippen LogP contribution in [0.3, 0.4) is 0 Å². The molecule has 0 heterocycles. The second-order valence-corrected chi connectivity index (χ2v) is 6.91. The van der Waals surface area contributed by atoms with E-state index in [1.54, 1.807) is 0 Å². The number of rotatable bonds is 11. The first kappa shape index (κ1) is 21.6. The van der Waals surface area contributed by atoms with Gasteiger partial charge in [-0.1, -0.05) is 75.1 Å². The predicted octanol–water partition coefficient (Wildman–Crippen LogP) is 7.24. The van der Waals surface area contributed by atoms with Crippen molar-refractivity contribution in [2.45, 2.75) is 71.0 Å². The third-order valence-corrected chi connectivity index (χ3v) is 4.53. The molecule has 0 spiro atoms. The lowest BCUT2D eigenvalue weighted by Crippen LogP contribution is -2.19. The van der Waals surface area contributed by atoms with Gasteiger partial charge in [-0.2, -0.15) is 13.2 Å². The van der Waals surface area contributed by atoms with E-state index in [2.05, 4.69) is 12.2 Å². The van der Waals surface area contributed by atoms with Gasteiger partial charge in [0.05, 0.1) is 5.56 Å². The Balaban J connectivity index is 2.33. The van der Waals surface area contributed by atoms with Crippen molar-refractivity contribution < 1.29 is 13.2 Å². The van der Waals surface area contributed by atoms with Crippen molar-refractivity contribution >= 4 is 23.2 Å². The molecule has 0 aliphatic carbocycles. The van der Waals surface area contributed by atoms with Crippen LogP contribution in [0.4, 0.5) is 13.2 Å². The average molecular weight is 384 g/mol. The fraction of sp³-hybridized carbons (Fsp3) is 0.667. The lowest BCUT2D eigenvalue weighted by Gasteiger charge is -2.15. The monoisotopic (exact) mass is 383 g/mol. The number of benzene rings is 1. The molecule has 0 aliphatic rings. The SMILES string of the molecule is CCCCCCCCCCNCc1c(Cl)cc(Cl)cc1C(F)(F)F. The van der Waals surface area contributed by atoms with E-state index in [0.29, 0.717) is 6.54 Å². The minimum Gasteiger partial charge on any atom is -0.313 e. The Morgan fingerprint density at radius 1 is 0.917 bits per heavy atom. The highest BCUT2D eigenvalue weighted by Gasteiger charge is 2.34. The molecule has 0 fully saturated rings. The molecule has 0 amide bonds. The highest BCUT2D eigenvalue weighted by Crippen LogP contribution is 2.37. The van der Waals surface area contributed by atoms with Crippen LogP contribution in [0.25, 0.3) is 0 Å². The highest BCUT2D eigenvalue weighted by atomic mass is 35.5. The molecule has 0 atom stereocenters. The van der Waals surface area contributed by atoms with Crippen molar-refractivity contribution in [3.8, 4) is 0 Å². The summed E-state index contributed by atoms with van der Waals surface area (Å²) in [6, 6.07) is 2.28. The molecule has 0 bridgehead atoms. The third kappa shape index (κ3) is 8.09. The zero-order valence-electron chi connectivity index (χ0n) is 14.1. The standard InChI is InChI=1S/C18H26Cl2F3N/c1-2-3-4-5-6-7-8-9-10-24-13-15-16(18(21,22)23)11-14(19)12-17(15)20/h11-12,24H,2-10,13H2,1H3. The summed E-state index contributed by atoms with van der Waals surface area (Å²) in [7, 11) is 0. The van der Waals surface area contributed by atoms with Crippen LogP contribution in [0.2, 0.25) is 10.0 Å². The summed E-state index contributed by atoms with van der Waals surface area (Å²) in [4.78, 5) is 0. The van der Waals surface area contributed by atoms with E-state index < -0.39 is 11.7 Å². The summed E-state index contributed by atoms with van der Waals surface area (Å²) in [5, 5.41) is 3.11. The maximum atomic E-state index is 13.1. The molecule has 1 aromatic rings. The number of hydrogen-bond acceptors (Lipinski definition) is 1. The number of halogens is 5. The fourth-order valence-corrected chi connectivity index (χ4v) is 3.19. The van der Waals surface area contributed by atoms with Crippen molar-refractivity contribution in [3.05, 3.63) is 33.3 Å². The molecular weight excluding hydrogens is 358 g/mol. The van der Waals surface area contributed by atoms with E-state index in [4.69, 9.17) is 23.2 Å². The second kappa shape index (κ2) is 11.2. The van der Waals surface area contributed by atoms with Crippen LogP contribution in [0, 0.1) is 0 Å². The van der Waals surface area contributed by atoms with Crippen molar-refractivity contribution in [1.29, 1.82) is 0 Å². The molecule has 0 aliphatic heterocycles. The Bertz CT molecular complexity index is 490. The Morgan fingerprint density at radius 2 is 1.50 bits per heavy atom. The maximum Gasteiger partial charge on any atom is 0.416 e. The summed E-state index contributed by atoms with van der Waals surface area (Å²) in [6.07, 6.45) is 5.13. The largest absolute Gasteiger partial charge is 0.416 e. The highest BCUT2D eigenvalue weighted by molar-refractivity contribution is 6.35. The topological polar surface area (TPSA) is 12.0 Å². The molecule has 1 nitrogen and oxygen atoms in total. The molecule has 0 aromatic heterocycles. The van der Waals surface area contributed by atoms with E-state index >= 15 is 0 Å². The first-order valence-corrected chi connectivity index (χ1v) is 9.37. The molecule has 138 valence electrons. The van der Waals surface area contributed by atoms with Gasteiger partial charge >= 0.3 is 6.18 Å². The van der Waals surface area contributed by atoms with Gasteiger partial charge in [-0.15, -0.1) is 0 Å². The summed E-state index contributed by atoms with van der Waals surface area (Å²) in [5.41, 5.74) is -0.698. The maximum absolute atomic E-state index is 13.1.